The van der Waals surface area contributed by atoms with Crippen molar-refractivity contribution >= 4 is 17.3 Å². The molecule has 0 fully saturated rings. The number of methoxy groups -OCH3 is 1. The number of benzene rings is 2. The number of nitro benzene ring substituents is 1. The fourth-order valence-corrected chi connectivity index (χ4v) is 2.02. The van der Waals surface area contributed by atoms with E-state index in [0.29, 0.717) is 5.75 Å². The third kappa shape index (κ3) is 3.82. The molecule has 0 bridgehead atoms. The van der Waals surface area contributed by atoms with Crippen LogP contribution in [0.4, 0.5) is 11.4 Å². The average molecular weight is 300 g/mol. The van der Waals surface area contributed by atoms with E-state index in [-0.39, 0.29) is 23.7 Å². The summed E-state index contributed by atoms with van der Waals surface area (Å²) in [7, 11) is 1.57. The molecule has 0 aromatic heterocycles. The number of nitrogens with zero attached hydrogens (tertiary/aromatic N) is 1. The summed E-state index contributed by atoms with van der Waals surface area (Å²) in [4.78, 5) is 22.6. The van der Waals surface area contributed by atoms with Gasteiger partial charge in [-0.05, 0) is 36.2 Å². The fourth-order valence-electron chi connectivity index (χ4n) is 2.02. The molecular formula is C16H16N2O4. The van der Waals surface area contributed by atoms with Gasteiger partial charge in [0.1, 0.15) is 11.4 Å². The lowest BCUT2D eigenvalue weighted by Gasteiger charge is -2.07. The number of ether oxygens (including phenoxy) is 1. The van der Waals surface area contributed by atoms with Crippen LogP contribution in [-0.2, 0) is 11.2 Å². The molecule has 2 aromatic carbocycles. The summed E-state index contributed by atoms with van der Waals surface area (Å²) in [5, 5.41) is 13.6. The average Bonchev–Trinajstić information content (AvgIpc) is 2.49. The minimum Gasteiger partial charge on any atom is -0.497 e. The van der Waals surface area contributed by atoms with Crippen LogP contribution >= 0.6 is 0 Å². The molecule has 0 radical (unpaired) electrons. The van der Waals surface area contributed by atoms with Gasteiger partial charge < -0.3 is 10.1 Å². The summed E-state index contributed by atoms with van der Waals surface area (Å²) in [5.74, 6) is 0.399. The number of carbonyl (C=O) groups excluding carboxylic acids is 1. The highest BCUT2D eigenvalue weighted by Gasteiger charge is 2.16. The Morgan fingerprint density at radius 2 is 1.91 bits per heavy atom. The lowest BCUT2D eigenvalue weighted by Crippen LogP contribution is -2.15. The van der Waals surface area contributed by atoms with E-state index in [1.54, 1.807) is 50.4 Å². The van der Waals surface area contributed by atoms with Crippen molar-refractivity contribution in [2.45, 2.75) is 13.3 Å². The Hall–Kier alpha value is -2.89. The second kappa shape index (κ2) is 6.71. The van der Waals surface area contributed by atoms with E-state index in [0.717, 1.165) is 11.1 Å². The van der Waals surface area contributed by atoms with Crippen LogP contribution in [-0.4, -0.2) is 17.9 Å². The zero-order valence-corrected chi connectivity index (χ0v) is 12.3. The number of carbonyl (C=O) groups is 1. The van der Waals surface area contributed by atoms with Gasteiger partial charge in [-0.15, -0.1) is 0 Å². The molecule has 22 heavy (non-hydrogen) atoms. The van der Waals surface area contributed by atoms with Crippen LogP contribution in [0.3, 0.4) is 0 Å². The molecule has 0 aliphatic carbocycles. The largest absolute Gasteiger partial charge is 0.497 e. The van der Waals surface area contributed by atoms with Crippen LogP contribution in [0.25, 0.3) is 0 Å². The van der Waals surface area contributed by atoms with Crippen LogP contribution < -0.4 is 10.1 Å². The van der Waals surface area contributed by atoms with Crippen molar-refractivity contribution in [2.24, 2.45) is 0 Å². The molecule has 0 aliphatic heterocycles. The Morgan fingerprint density at radius 1 is 1.23 bits per heavy atom. The Bertz CT molecular complexity index is 696. The first-order valence-corrected chi connectivity index (χ1v) is 6.67. The predicted molar refractivity (Wildman–Crippen MR) is 83.2 cm³/mol. The smallest absolute Gasteiger partial charge is 0.293 e. The maximum atomic E-state index is 12.0. The molecule has 0 unspecified atom stereocenters. The quantitative estimate of drug-likeness (QED) is 0.679. The van der Waals surface area contributed by atoms with Gasteiger partial charge in [-0.25, -0.2) is 0 Å². The number of hydrogen-bond acceptors (Lipinski definition) is 4. The minimum atomic E-state index is -0.504. The summed E-state index contributed by atoms with van der Waals surface area (Å²) in [6, 6.07) is 11.8. The van der Waals surface area contributed by atoms with Gasteiger partial charge in [0.25, 0.3) is 5.69 Å². The normalized spacial score (nSPS) is 10.1. The van der Waals surface area contributed by atoms with Crippen LogP contribution in [0.2, 0.25) is 0 Å². The second-order valence-corrected chi connectivity index (χ2v) is 4.85. The highest BCUT2D eigenvalue weighted by atomic mass is 16.6. The number of nitro groups is 1. The molecule has 1 N–H and O–H groups in total. The maximum Gasteiger partial charge on any atom is 0.293 e. The molecular weight excluding hydrogens is 284 g/mol. The molecule has 114 valence electrons. The first-order valence-electron chi connectivity index (χ1n) is 6.67. The van der Waals surface area contributed by atoms with Gasteiger partial charge in [0.2, 0.25) is 5.91 Å². The molecule has 0 saturated heterocycles. The summed E-state index contributed by atoms with van der Waals surface area (Å²) in [6.07, 6.45) is 0.134. The monoisotopic (exact) mass is 300 g/mol. The number of amides is 1. The van der Waals surface area contributed by atoms with Crippen LogP contribution in [0.15, 0.2) is 42.5 Å². The van der Waals surface area contributed by atoms with Gasteiger partial charge in [0, 0.05) is 6.07 Å². The summed E-state index contributed by atoms with van der Waals surface area (Å²) >= 11 is 0. The molecule has 0 aliphatic rings. The number of hydrogen-bond donors (Lipinski definition) is 1. The highest BCUT2D eigenvalue weighted by molar-refractivity contribution is 5.94. The molecule has 2 aromatic rings. The Labute approximate surface area is 127 Å². The van der Waals surface area contributed by atoms with Gasteiger partial charge >= 0.3 is 0 Å². The first kappa shape index (κ1) is 15.5. The van der Waals surface area contributed by atoms with E-state index in [1.165, 1.54) is 6.07 Å². The predicted octanol–water partition coefficient (Wildman–Crippen LogP) is 3.09. The van der Waals surface area contributed by atoms with Crippen molar-refractivity contribution in [3.63, 3.8) is 0 Å². The number of nitrogens with one attached hydrogen (secondary N) is 1. The minimum absolute atomic E-state index is 0.108. The van der Waals surface area contributed by atoms with Gasteiger partial charge in [-0.2, -0.15) is 0 Å². The molecule has 0 spiro atoms. The van der Waals surface area contributed by atoms with Gasteiger partial charge in [-0.1, -0.05) is 18.2 Å². The Morgan fingerprint density at radius 3 is 2.50 bits per heavy atom. The lowest BCUT2D eigenvalue weighted by molar-refractivity contribution is -0.384. The topological polar surface area (TPSA) is 81.5 Å². The summed E-state index contributed by atoms with van der Waals surface area (Å²) in [6.45, 7) is 1.76. The maximum absolute atomic E-state index is 12.0. The number of anilines is 1. The summed E-state index contributed by atoms with van der Waals surface area (Å²) in [5.41, 5.74) is 1.66. The Kier molecular flexibility index (Phi) is 4.73. The van der Waals surface area contributed by atoms with Crippen LogP contribution in [0.5, 0.6) is 5.75 Å². The van der Waals surface area contributed by atoms with E-state index >= 15 is 0 Å². The van der Waals surface area contributed by atoms with E-state index in [2.05, 4.69) is 5.32 Å². The fraction of sp³-hybridized carbons (Fsp3) is 0.188. The van der Waals surface area contributed by atoms with E-state index in [1.807, 2.05) is 0 Å². The molecule has 6 heteroatoms. The number of aryl methyl sites for hydroxylation is 1. The third-order valence-corrected chi connectivity index (χ3v) is 3.15. The van der Waals surface area contributed by atoms with Gasteiger partial charge in [0.15, 0.2) is 0 Å². The van der Waals surface area contributed by atoms with Crippen molar-refractivity contribution in [2.75, 3.05) is 12.4 Å². The highest BCUT2D eigenvalue weighted by Crippen LogP contribution is 2.25. The zero-order chi connectivity index (χ0) is 16.1. The van der Waals surface area contributed by atoms with Gasteiger partial charge in [0.05, 0.1) is 18.5 Å². The molecule has 0 heterocycles. The molecule has 1 amide bonds. The van der Waals surface area contributed by atoms with Crippen LogP contribution in [0.1, 0.15) is 11.1 Å². The summed E-state index contributed by atoms with van der Waals surface area (Å²) < 4.78 is 5.05. The third-order valence-electron chi connectivity index (χ3n) is 3.15. The van der Waals surface area contributed by atoms with Crippen molar-refractivity contribution in [1.29, 1.82) is 0 Å². The van der Waals surface area contributed by atoms with Crippen molar-refractivity contribution in [1.82, 2.24) is 0 Å². The zero-order valence-electron chi connectivity index (χ0n) is 12.3. The van der Waals surface area contributed by atoms with Crippen LogP contribution in [0, 0.1) is 17.0 Å². The van der Waals surface area contributed by atoms with E-state index in [9.17, 15) is 14.9 Å². The molecule has 0 atom stereocenters. The molecule has 6 nitrogen and oxygen atoms in total. The van der Waals surface area contributed by atoms with E-state index < -0.39 is 4.92 Å². The standard InChI is InChI=1S/C16H16N2O4/c1-11-3-8-14(15(9-11)18(20)21)17-16(19)10-12-4-6-13(22-2)7-5-12/h3-9H,10H2,1-2H3,(H,17,19). The molecule has 2 rings (SSSR count). The molecule has 0 saturated carbocycles. The van der Waals surface area contributed by atoms with Crippen molar-refractivity contribution in [3.8, 4) is 5.75 Å². The van der Waals surface area contributed by atoms with Crippen molar-refractivity contribution < 1.29 is 14.5 Å². The SMILES string of the molecule is COc1ccc(CC(=O)Nc2ccc(C)cc2[N+](=O)[O-])cc1. The number of rotatable bonds is 5. The second-order valence-electron chi connectivity index (χ2n) is 4.85. The van der Waals surface area contributed by atoms with Gasteiger partial charge in [-0.3, -0.25) is 14.9 Å². The van der Waals surface area contributed by atoms with Crippen molar-refractivity contribution in [3.05, 3.63) is 63.7 Å². The first-order chi connectivity index (χ1) is 10.5. The lowest BCUT2D eigenvalue weighted by atomic mass is 10.1. The van der Waals surface area contributed by atoms with E-state index in [4.69, 9.17) is 4.74 Å². The Balaban J connectivity index is 2.10.